The predicted molar refractivity (Wildman–Crippen MR) is 141 cm³/mol. The van der Waals surface area contributed by atoms with Crippen LogP contribution in [0.25, 0.3) is 37.9 Å². The molecule has 6 rings (SSSR count). The second-order valence-electron chi connectivity index (χ2n) is 8.80. The van der Waals surface area contributed by atoms with Crippen LogP contribution in [0, 0.1) is 0 Å². The van der Waals surface area contributed by atoms with E-state index in [0.29, 0.717) is 11.8 Å². The summed E-state index contributed by atoms with van der Waals surface area (Å²) < 4.78 is 4.87. The Hall–Kier alpha value is -4.10. The molecule has 0 aliphatic heterocycles. The van der Waals surface area contributed by atoms with E-state index < -0.39 is 0 Å². The minimum atomic E-state index is -0.0448. The van der Waals surface area contributed by atoms with Crippen molar-refractivity contribution in [3.63, 3.8) is 0 Å². The van der Waals surface area contributed by atoms with Gasteiger partial charge in [-0.1, -0.05) is 43.3 Å². The molecule has 2 aromatic carbocycles. The van der Waals surface area contributed by atoms with Crippen LogP contribution in [0.4, 0.5) is 0 Å². The number of hydrogen-bond acceptors (Lipinski definition) is 5. The summed E-state index contributed by atoms with van der Waals surface area (Å²) >= 11 is 1.62. The number of rotatable bonds is 5. The lowest BCUT2D eigenvalue weighted by Gasteiger charge is -2.20. The van der Waals surface area contributed by atoms with Gasteiger partial charge in [-0.25, -0.2) is 9.97 Å². The van der Waals surface area contributed by atoms with Gasteiger partial charge in [0, 0.05) is 42.3 Å². The summed E-state index contributed by atoms with van der Waals surface area (Å²) in [5.74, 6) is 0.0330. The molecule has 0 amide bonds. The van der Waals surface area contributed by atoms with Crippen molar-refractivity contribution in [2.45, 2.75) is 19.3 Å². The third kappa shape index (κ3) is 3.74. The van der Waals surface area contributed by atoms with Gasteiger partial charge in [0.15, 0.2) is 0 Å². The molecule has 4 aromatic heterocycles. The lowest BCUT2D eigenvalue weighted by molar-refractivity contribution is 0.688. The maximum absolute atomic E-state index is 14.2. The maximum Gasteiger partial charge on any atom is 0.263 e. The van der Waals surface area contributed by atoms with Gasteiger partial charge in [0.05, 0.1) is 33.3 Å². The number of hydrogen-bond donors (Lipinski definition) is 0. The van der Waals surface area contributed by atoms with Gasteiger partial charge in [-0.15, -0.1) is 11.3 Å². The van der Waals surface area contributed by atoms with E-state index in [1.807, 2.05) is 88.7 Å². The van der Waals surface area contributed by atoms with Crippen LogP contribution in [-0.4, -0.2) is 24.1 Å². The molecule has 0 bridgehead atoms. The van der Waals surface area contributed by atoms with Gasteiger partial charge in [0.2, 0.25) is 0 Å². The Bertz CT molecular complexity index is 1730. The highest BCUT2D eigenvalue weighted by molar-refractivity contribution is 7.16. The van der Waals surface area contributed by atoms with E-state index >= 15 is 0 Å². The van der Waals surface area contributed by atoms with Gasteiger partial charge in [0.1, 0.15) is 5.52 Å². The first kappa shape index (κ1) is 21.4. The van der Waals surface area contributed by atoms with E-state index in [4.69, 9.17) is 0 Å². The molecule has 0 radical (unpaired) electrons. The van der Waals surface area contributed by atoms with Crippen LogP contribution in [-0.2, 0) is 13.5 Å². The van der Waals surface area contributed by atoms with E-state index in [1.54, 1.807) is 17.7 Å². The molecule has 6 nitrogen and oxygen atoms in total. The highest BCUT2D eigenvalue weighted by Crippen LogP contribution is 2.31. The molecule has 0 aliphatic carbocycles. The van der Waals surface area contributed by atoms with Crippen molar-refractivity contribution in [1.82, 2.24) is 24.1 Å². The van der Waals surface area contributed by atoms with Crippen LogP contribution in [0.2, 0.25) is 0 Å². The average molecular weight is 478 g/mol. The van der Waals surface area contributed by atoms with E-state index in [9.17, 15) is 4.79 Å². The van der Waals surface area contributed by atoms with Gasteiger partial charge in [-0.2, -0.15) is 0 Å². The first-order valence-corrected chi connectivity index (χ1v) is 12.4. The SMILES string of the molecule is C[C@H](Cc1nccc2scnc12)c1cc2cccc(-c3cn(C)cn3)c2c(=O)n1-c1ccccc1. The van der Waals surface area contributed by atoms with Crippen molar-refractivity contribution in [3.05, 3.63) is 107 Å². The molecule has 7 heteroatoms. The second kappa shape index (κ2) is 8.60. The van der Waals surface area contributed by atoms with Gasteiger partial charge < -0.3 is 4.57 Å². The normalized spacial score (nSPS) is 12.4. The Kier molecular flexibility index (Phi) is 5.26. The number of nitrogens with zero attached hydrogens (tertiary/aromatic N) is 5. The van der Waals surface area contributed by atoms with Gasteiger partial charge in [0.25, 0.3) is 5.56 Å². The second-order valence-corrected chi connectivity index (χ2v) is 9.69. The number of aromatic nitrogens is 5. The molecular weight excluding hydrogens is 454 g/mol. The van der Waals surface area contributed by atoms with Gasteiger partial charge >= 0.3 is 0 Å². The van der Waals surface area contributed by atoms with Crippen molar-refractivity contribution in [1.29, 1.82) is 0 Å². The first-order valence-electron chi connectivity index (χ1n) is 11.5. The van der Waals surface area contributed by atoms with Crippen molar-refractivity contribution in [2.24, 2.45) is 7.05 Å². The number of benzene rings is 2. The fraction of sp³-hybridized carbons (Fsp3) is 0.143. The summed E-state index contributed by atoms with van der Waals surface area (Å²) in [4.78, 5) is 27.9. The molecule has 0 aliphatic rings. The lowest BCUT2D eigenvalue weighted by Crippen LogP contribution is -2.24. The van der Waals surface area contributed by atoms with E-state index in [1.165, 1.54) is 0 Å². The largest absolute Gasteiger partial charge is 0.340 e. The topological polar surface area (TPSA) is 65.6 Å². The minimum Gasteiger partial charge on any atom is -0.340 e. The standard InChI is InChI=1S/C28H23N5OS/c1-18(13-22-27-25(11-12-29-22)35-17-31-27)24-14-19-7-6-10-21(23-15-32(2)16-30-23)26(19)28(34)33(24)20-8-4-3-5-9-20/h3-12,14-18H,13H2,1-2H3/t18-/m1/s1. The molecule has 0 saturated carbocycles. The molecule has 4 heterocycles. The number of para-hydroxylation sites is 1. The molecule has 35 heavy (non-hydrogen) atoms. The van der Waals surface area contributed by atoms with Crippen LogP contribution in [0.5, 0.6) is 0 Å². The number of fused-ring (bicyclic) bond motifs is 2. The van der Waals surface area contributed by atoms with Gasteiger partial charge in [-0.3, -0.25) is 14.3 Å². The summed E-state index contributed by atoms with van der Waals surface area (Å²) in [6, 6.07) is 19.9. The zero-order chi connectivity index (χ0) is 23.9. The monoisotopic (exact) mass is 477 g/mol. The van der Waals surface area contributed by atoms with Crippen molar-refractivity contribution >= 4 is 32.3 Å². The molecule has 0 saturated heterocycles. The zero-order valence-corrected chi connectivity index (χ0v) is 20.2. The van der Waals surface area contributed by atoms with Crippen LogP contribution >= 0.6 is 11.3 Å². The molecule has 0 spiro atoms. The summed E-state index contributed by atoms with van der Waals surface area (Å²) in [7, 11) is 1.93. The van der Waals surface area contributed by atoms with Crippen LogP contribution < -0.4 is 5.56 Å². The van der Waals surface area contributed by atoms with Crippen LogP contribution in [0.1, 0.15) is 24.2 Å². The Morgan fingerprint density at radius 1 is 1.00 bits per heavy atom. The molecule has 6 aromatic rings. The van der Waals surface area contributed by atoms with Gasteiger partial charge in [-0.05, 0) is 36.1 Å². The number of pyridine rings is 2. The first-order chi connectivity index (χ1) is 17.1. The van der Waals surface area contributed by atoms with E-state index in [0.717, 1.165) is 43.9 Å². The number of aryl methyl sites for hydroxylation is 1. The van der Waals surface area contributed by atoms with E-state index in [-0.39, 0.29) is 11.5 Å². The fourth-order valence-corrected chi connectivity index (χ4v) is 5.44. The molecular formula is C28H23N5OS. The van der Waals surface area contributed by atoms with Crippen molar-refractivity contribution < 1.29 is 0 Å². The highest BCUT2D eigenvalue weighted by atomic mass is 32.1. The smallest absolute Gasteiger partial charge is 0.263 e. The Morgan fingerprint density at radius 2 is 1.86 bits per heavy atom. The maximum atomic E-state index is 14.2. The fourth-order valence-electron chi connectivity index (χ4n) is 4.74. The number of imidazole rings is 1. The average Bonchev–Trinajstić information content (AvgIpc) is 3.53. The Labute approximate surface area is 206 Å². The summed E-state index contributed by atoms with van der Waals surface area (Å²) in [6.07, 6.45) is 6.22. The molecule has 1 atom stereocenters. The summed E-state index contributed by atoms with van der Waals surface area (Å²) in [5, 5.41) is 1.58. The lowest BCUT2D eigenvalue weighted by atomic mass is 9.95. The quantitative estimate of drug-likeness (QED) is 0.317. The van der Waals surface area contributed by atoms with Crippen molar-refractivity contribution in [3.8, 4) is 16.9 Å². The summed E-state index contributed by atoms with van der Waals surface area (Å²) in [6.45, 7) is 2.15. The Balaban J connectivity index is 1.57. The van der Waals surface area contributed by atoms with Crippen molar-refractivity contribution in [2.75, 3.05) is 0 Å². The third-order valence-electron chi connectivity index (χ3n) is 6.40. The number of thiazole rings is 1. The molecule has 0 unspecified atom stereocenters. The molecule has 0 N–H and O–H groups in total. The van der Waals surface area contributed by atoms with Crippen LogP contribution in [0.3, 0.4) is 0 Å². The minimum absolute atomic E-state index is 0.0330. The highest BCUT2D eigenvalue weighted by Gasteiger charge is 2.20. The zero-order valence-electron chi connectivity index (χ0n) is 19.4. The van der Waals surface area contributed by atoms with E-state index in [2.05, 4.69) is 27.9 Å². The molecule has 172 valence electrons. The third-order valence-corrected chi connectivity index (χ3v) is 7.19. The summed E-state index contributed by atoms with van der Waals surface area (Å²) in [5.41, 5.74) is 7.12. The van der Waals surface area contributed by atoms with Crippen LogP contribution in [0.15, 0.2) is 89.7 Å². The predicted octanol–water partition coefficient (Wildman–Crippen LogP) is 5.74. The Morgan fingerprint density at radius 3 is 2.66 bits per heavy atom. The molecule has 0 fully saturated rings.